The molecule has 0 aromatic carbocycles. The first-order valence-electron chi connectivity index (χ1n) is 2.70. The van der Waals surface area contributed by atoms with Crippen molar-refractivity contribution in [2.75, 3.05) is 6.26 Å². The summed E-state index contributed by atoms with van der Waals surface area (Å²) >= 11 is 0. The Morgan fingerprint density at radius 1 is 1.50 bits per heavy atom. The van der Waals surface area contributed by atoms with Gasteiger partial charge < -0.3 is 4.74 Å². The highest BCUT2D eigenvalue weighted by molar-refractivity contribution is 7.91. The Morgan fingerprint density at radius 2 is 1.90 bits per heavy atom. The molecule has 1 unspecified atom stereocenters. The fraction of sp³-hybridized carbons (Fsp3) is 0.800. The zero-order valence-electron chi connectivity index (χ0n) is 6.12. The van der Waals surface area contributed by atoms with E-state index in [0.29, 0.717) is 0 Å². The minimum absolute atomic E-state index is 0.585. The molecule has 0 bridgehead atoms. The van der Waals surface area contributed by atoms with E-state index in [1.54, 1.807) is 0 Å². The smallest absolute Gasteiger partial charge is 0.303 e. The van der Waals surface area contributed by atoms with Crippen LogP contribution < -0.4 is 0 Å². The highest BCUT2D eigenvalue weighted by atomic mass is 32.2. The topological polar surface area (TPSA) is 60.4 Å². The number of ether oxygens (including phenoxy) is 1. The summed E-state index contributed by atoms with van der Waals surface area (Å²) < 4.78 is 25.6. The molecule has 0 radical (unpaired) electrons. The van der Waals surface area contributed by atoms with Crippen LogP contribution in [-0.4, -0.2) is 26.1 Å². The van der Waals surface area contributed by atoms with Crippen molar-refractivity contribution in [3.63, 3.8) is 0 Å². The maximum atomic E-state index is 10.6. The number of sulfone groups is 1. The lowest BCUT2D eigenvalue weighted by atomic mass is 10.8. The third kappa shape index (κ3) is 3.45. The van der Waals surface area contributed by atoms with Crippen molar-refractivity contribution in [1.82, 2.24) is 0 Å². The molecule has 0 heterocycles. The Kier molecular flexibility index (Phi) is 2.83. The van der Waals surface area contributed by atoms with Gasteiger partial charge in [0.05, 0.1) is 0 Å². The fourth-order valence-electron chi connectivity index (χ4n) is 0.321. The average molecular weight is 166 g/mol. The second-order valence-corrected chi connectivity index (χ2v) is 4.33. The van der Waals surface area contributed by atoms with Gasteiger partial charge >= 0.3 is 5.97 Å². The summed E-state index contributed by atoms with van der Waals surface area (Å²) in [6.45, 7) is 2.48. The van der Waals surface area contributed by atoms with Crippen LogP contribution in [0.4, 0.5) is 0 Å². The first-order chi connectivity index (χ1) is 4.34. The van der Waals surface area contributed by atoms with Gasteiger partial charge in [-0.1, -0.05) is 0 Å². The van der Waals surface area contributed by atoms with Crippen molar-refractivity contribution in [1.29, 1.82) is 0 Å². The van der Waals surface area contributed by atoms with Crippen LogP contribution in [-0.2, 0) is 19.4 Å². The Hall–Kier alpha value is -0.580. The molecule has 0 fully saturated rings. The third-order valence-electron chi connectivity index (χ3n) is 0.935. The van der Waals surface area contributed by atoms with Gasteiger partial charge in [-0.15, -0.1) is 0 Å². The predicted molar refractivity (Wildman–Crippen MR) is 36.1 cm³/mol. The van der Waals surface area contributed by atoms with Crippen LogP contribution in [0.25, 0.3) is 0 Å². The summed E-state index contributed by atoms with van der Waals surface area (Å²) in [5.41, 5.74) is -1.04. The monoisotopic (exact) mass is 166 g/mol. The zero-order valence-corrected chi connectivity index (χ0v) is 6.94. The number of hydrogen-bond acceptors (Lipinski definition) is 4. The van der Waals surface area contributed by atoms with E-state index in [-0.39, 0.29) is 0 Å². The number of carbonyl (C=O) groups is 1. The molecule has 0 saturated carbocycles. The summed E-state index contributed by atoms with van der Waals surface area (Å²) in [5.74, 6) is -0.585. The standard InChI is InChI=1S/C5H10O4S/c1-4(6)9-5(2)10(3,7)8/h5H,1-3H3. The van der Waals surface area contributed by atoms with Gasteiger partial charge in [0.25, 0.3) is 0 Å². The minimum atomic E-state index is -3.24. The molecule has 0 aliphatic heterocycles. The highest BCUT2D eigenvalue weighted by Gasteiger charge is 2.16. The molecule has 60 valence electrons. The average Bonchev–Trinajstić information content (AvgIpc) is 1.60. The summed E-state index contributed by atoms with van der Waals surface area (Å²) in [7, 11) is -3.24. The van der Waals surface area contributed by atoms with Crippen LogP contribution in [0.3, 0.4) is 0 Å². The summed E-state index contributed by atoms with van der Waals surface area (Å²) in [4.78, 5) is 10.2. The number of hydrogen-bond donors (Lipinski definition) is 0. The van der Waals surface area contributed by atoms with Gasteiger partial charge in [-0.05, 0) is 6.92 Å². The normalized spacial score (nSPS) is 14.3. The molecule has 4 nitrogen and oxygen atoms in total. The number of rotatable bonds is 2. The first kappa shape index (κ1) is 9.42. The largest absolute Gasteiger partial charge is 0.446 e. The Morgan fingerprint density at radius 3 is 2.00 bits per heavy atom. The molecule has 0 aromatic heterocycles. The van der Waals surface area contributed by atoms with Crippen LogP contribution >= 0.6 is 0 Å². The van der Waals surface area contributed by atoms with E-state index >= 15 is 0 Å². The molecule has 0 rings (SSSR count). The molecule has 0 aromatic rings. The SMILES string of the molecule is CC(=O)OC(C)S(C)(=O)=O. The summed E-state index contributed by atoms with van der Waals surface area (Å²) in [6.07, 6.45) is 1.01. The van der Waals surface area contributed by atoms with Crippen molar-refractivity contribution >= 4 is 15.8 Å². The van der Waals surface area contributed by atoms with E-state index in [4.69, 9.17) is 0 Å². The maximum absolute atomic E-state index is 10.6. The van der Waals surface area contributed by atoms with Gasteiger partial charge in [-0.3, -0.25) is 4.79 Å². The van der Waals surface area contributed by atoms with Gasteiger partial charge in [-0.25, -0.2) is 8.42 Å². The molecule has 1 atom stereocenters. The van der Waals surface area contributed by atoms with Crippen molar-refractivity contribution in [2.24, 2.45) is 0 Å². The van der Waals surface area contributed by atoms with Gasteiger partial charge in [0.15, 0.2) is 15.3 Å². The molecule has 0 saturated heterocycles. The van der Waals surface area contributed by atoms with Crippen LogP contribution in [0.5, 0.6) is 0 Å². The van der Waals surface area contributed by atoms with Crippen molar-refractivity contribution in [3.8, 4) is 0 Å². The Bertz CT molecular complexity index is 216. The molecular weight excluding hydrogens is 156 g/mol. The Labute approximate surface area is 60.1 Å². The Balaban J connectivity index is 4.12. The van der Waals surface area contributed by atoms with E-state index in [9.17, 15) is 13.2 Å². The van der Waals surface area contributed by atoms with Gasteiger partial charge in [0.1, 0.15) is 0 Å². The lowest BCUT2D eigenvalue weighted by Crippen LogP contribution is -2.21. The quantitative estimate of drug-likeness (QED) is 0.539. The molecule has 5 heteroatoms. The molecule has 0 aliphatic carbocycles. The van der Waals surface area contributed by atoms with Crippen LogP contribution in [0.15, 0.2) is 0 Å². The predicted octanol–water partition coefficient (Wildman–Crippen LogP) is -0.0599. The van der Waals surface area contributed by atoms with Gasteiger partial charge in [0.2, 0.25) is 0 Å². The number of esters is 1. The fourth-order valence-corrected chi connectivity index (χ4v) is 0.631. The molecule has 0 spiro atoms. The van der Waals surface area contributed by atoms with Crippen LogP contribution in [0.2, 0.25) is 0 Å². The summed E-state index contributed by atoms with van der Waals surface area (Å²) in [5, 5.41) is 0. The van der Waals surface area contributed by atoms with E-state index in [2.05, 4.69) is 4.74 Å². The lowest BCUT2D eigenvalue weighted by Gasteiger charge is -2.07. The van der Waals surface area contributed by atoms with Crippen LogP contribution in [0.1, 0.15) is 13.8 Å². The van der Waals surface area contributed by atoms with Crippen molar-refractivity contribution in [2.45, 2.75) is 19.3 Å². The molecule has 0 N–H and O–H groups in total. The number of carbonyl (C=O) groups excluding carboxylic acids is 1. The minimum Gasteiger partial charge on any atom is -0.446 e. The maximum Gasteiger partial charge on any atom is 0.303 e. The first-order valence-corrected chi connectivity index (χ1v) is 4.65. The summed E-state index contributed by atoms with van der Waals surface area (Å²) in [6, 6.07) is 0. The third-order valence-corrected chi connectivity index (χ3v) is 2.24. The molecule has 10 heavy (non-hydrogen) atoms. The molecular formula is C5H10O4S. The lowest BCUT2D eigenvalue weighted by molar-refractivity contribution is -0.142. The van der Waals surface area contributed by atoms with Gasteiger partial charge in [-0.2, -0.15) is 0 Å². The van der Waals surface area contributed by atoms with E-state index in [0.717, 1.165) is 6.26 Å². The van der Waals surface area contributed by atoms with Crippen molar-refractivity contribution in [3.05, 3.63) is 0 Å². The van der Waals surface area contributed by atoms with Gasteiger partial charge in [0, 0.05) is 13.2 Å². The van der Waals surface area contributed by atoms with Crippen molar-refractivity contribution < 1.29 is 17.9 Å². The molecule has 0 amide bonds. The molecule has 0 aliphatic rings. The van der Waals surface area contributed by atoms with E-state index in [1.807, 2.05) is 0 Å². The highest BCUT2D eigenvalue weighted by Crippen LogP contribution is 1.99. The second kappa shape index (κ2) is 3.01. The van der Waals surface area contributed by atoms with E-state index in [1.165, 1.54) is 13.8 Å². The second-order valence-electron chi connectivity index (χ2n) is 2.01. The zero-order chi connectivity index (χ0) is 8.36. The van der Waals surface area contributed by atoms with Crippen LogP contribution in [0, 0.1) is 0 Å². The van der Waals surface area contributed by atoms with E-state index < -0.39 is 21.2 Å².